The van der Waals surface area contributed by atoms with Crippen molar-refractivity contribution in [3.8, 4) is 0 Å². The van der Waals surface area contributed by atoms with Crippen LogP contribution in [0.25, 0.3) is 0 Å². The number of rotatable bonds is 58. The Morgan fingerprint density at radius 1 is 0.486 bits per heavy atom. The highest BCUT2D eigenvalue weighted by atomic mass is 31.2. The van der Waals surface area contributed by atoms with E-state index in [0.717, 1.165) is 38.5 Å². The van der Waals surface area contributed by atoms with Crippen LogP contribution in [0.1, 0.15) is 322 Å². The lowest BCUT2D eigenvalue weighted by molar-refractivity contribution is -0.870. The fourth-order valence-corrected chi connectivity index (χ4v) is 10.4. The third kappa shape index (κ3) is 55.0. The molecule has 418 valence electrons. The van der Waals surface area contributed by atoms with Crippen LogP contribution in [0, 0.1) is 0 Å². The van der Waals surface area contributed by atoms with E-state index in [2.05, 4.69) is 31.3 Å². The van der Waals surface area contributed by atoms with Crippen molar-refractivity contribution >= 4 is 13.7 Å². The molecule has 0 spiro atoms. The van der Waals surface area contributed by atoms with Crippen LogP contribution in [-0.4, -0.2) is 68.5 Å². The number of nitrogens with zero attached hydrogens (tertiary/aromatic N) is 1. The number of carbonyl (C=O) groups is 1. The highest BCUT2D eigenvalue weighted by Gasteiger charge is 2.24. The highest BCUT2D eigenvalue weighted by molar-refractivity contribution is 7.45. The number of aliphatic hydroxyl groups excluding tert-OH is 1. The van der Waals surface area contributed by atoms with Crippen LogP contribution in [0.2, 0.25) is 0 Å². The van der Waals surface area contributed by atoms with Gasteiger partial charge in [0.2, 0.25) is 5.91 Å². The number of phosphoric ester groups is 1. The first kappa shape index (κ1) is 69.2. The smallest absolute Gasteiger partial charge is 0.268 e. The molecule has 8 nitrogen and oxygen atoms in total. The van der Waals surface area contributed by atoms with Gasteiger partial charge in [0.05, 0.1) is 39.9 Å². The third-order valence-electron chi connectivity index (χ3n) is 14.5. The highest BCUT2D eigenvalue weighted by Crippen LogP contribution is 2.38. The average Bonchev–Trinajstić information content (AvgIpc) is 3.32. The number of nitrogens with one attached hydrogen (secondary N) is 1. The van der Waals surface area contributed by atoms with Crippen LogP contribution in [0.4, 0.5) is 0 Å². The Balaban J connectivity index is 4.00. The molecule has 0 aliphatic heterocycles. The second-order valence-electron chi connectivity index (χ2n) is 22.8. The summed E-state index contributed by atoms with van der Waals surface area (Å²) in [5.74, 6) is -0.157. The van der Waals surface area contributed by atoms with E-state index in [9.17, 15) is 19.4 Å². The molecule has 3 unspecified atom stereocenters. The monoisotopic (exact) mass is 1010 g/mol. The van der Waals surface area contributed by atoms with Crippen LogP contribution in [0.15, 0.2) is 12.2 Å². The first-order chi connectivity index (χ1) is 34.0. The Kier molecular flexibility index (Phi) is 52.5. The van der Waals surface area contributed by atoms with Crippen molar-refractivity contribution in [2.75, 3.05) is 40.9 Å². The second kappa shape index (κ2) is 53.1. The van der Waals surface area contributed by atoms with Crippen LogP contribution in [0.3, 0.4) is 0 Å². The minimum atomic E-state index is -4.57. The molecule has 0 aliphatic carbocycles. The van der Waals surface area contributed by atoms with Crippen molar-refractivity contribution in [2.45, 2.75) is 334 Å². The number of aliphatic hydroxyl groups is 1. The summed E-state index contributed by atoms with van der Waals surface area (Å²) in [7, 11) is 1.32. The van der Waals surface area contributed by atoms with E-state index in [4.69, 9.17) is 9.05 Å². The van der Waals surface area contributed by atoms with Crippen molar-refractivity contribution in [2.24, 2.45) is 0 Å². The first-order valence-electron chi connectivity index (χ1n) is 31.0. The number of unbranched alkanes of at least 4 members (excludes halogenated alkanes) is 43. The molecule has 0 rings (SSSR count). The summed E-state index contributed by atoms with van der Waals surface area (Å²) in [6, 6.07) is -0.797. The molecule has 0 aromatic rings. The SMILES string of the molecule is CCCCCCCCCC/C=C\CCCCCCCCCCCCCCCCCCCCCC(=O)NC(COP(=O)([O-])OCC[N+](C)(C)C)C(O)CCCCCCCCCCCCCCCCCCC. The van der Waals surface area contributed by atoms with Crippen molar-refractivity contribution in [3.05, 3.63) is 12.2 Å². The summed E-state index contributed by atoms with van der Waals surface area (Å²) in [5, 5.41) is 14.0. The normalized spacial score (nSPS) is 13.9. The molecule has 0 aromatic heterocycles. The molecule has 0 aromatic carbocycles. The number of amides is 1. The minimum Gasteiger partial charge on any atom is -0.756 e. The molecule has 0 fully saturated rings. The molecular weight excluding hydrogens is 888 g/mol. The average molecular weight is 1010 g/mol. The largest absolute Gasteiger partial charge is 0.756 e. The minimum absolute atomic E-state index is 0.0156. The zero-order valence-corrected chi connectivity index (χ0v) is 48.6. The Hall–Kier alpha value is -0.760. The fraction of sp³-hybridized carbons (Fsp3) is 0.951. The number of quaternary nitrogens is 1. The van der Waals surface area contributed by atoms with Gasteiger partial charge >= 0.3 is 0 Å². The number of carbonyl (C=O) groups excluding carboxylic acids is 1. The van der Waals surface area contributed by atoms with E-state index in [-0.39, 0.29) is 19.1 Å². The topological polar surface area (TPSA) is 108 Å². The summed E-state index contributed by atoms with van der Waals surface area (Å²) in [6.07, 6.45) is 65.5. The summed E-state index contributed by atoms with van der Waals surface area (Å²) < 4.78 is 23.4. The van der Waals surface area contributed by atoms with Crippen LogP contribution in [-0.2, 0) is 18.4 Å². The van der Waals surface area contributed by atoms with Gasteiger partial charge in [-0.1, -0.05) is 289 Å². The van der Waals surface area contributed by atoms with Crippen LogP contribution >= 0.6 is 7.82 Å². The predicted molar refractivity (Wildman–Crippen MR) is 302 cm³/mol. The molecule has 3 atom stereocenters. The number of hydrogen-bond acceptors (Lipinski definition) is 6. The van der Waals surface area contributed by atoms with E-state index in [1.54, 1.807) is 0 Å². The van der Waals surface area contributed by atoms with Gasteiger partial charge in [-0.25, -0.2) is 0 Å². The molecular formula is C61H123N2O6P. The number of allylic oxidation sites excluding steroid dienone is 2. The lowest BCUT2D eigenvalue weighted by atomic mass is 10.0. The van der Waals surface area contributed by atoms with Gasteiger partial charge in [-0.3, -0.25) is 9.36 Å². The van der Waals surface area contributed by atoms with E-state index in [0.29, 0.717) is 23.9 Å². The molecule has 2 N–H and O–H groups in total. The summed E-state index contributed by atoms with van der Waals surface area (Å²) in [5.41, 5.74) is 0. The first-order valence-corrected chi connectivity index (χ1v) is 32.5. The van der Waals surface area contributed by atoms with Gasteiger partial charge in [0, 0.05) is 6.42 Å². The van der Waals surface area contributed by atoms with Gasteiger partial charge in [-0.15, -0.1) is 0 Å². The lowest BCUT2D eigenvalue weighted by Gasteiger charge is -2.30. The zero-order valence-electron chi connectivity index (χ0n) is 47.8. The van der Waals surface area contributed by atoms with Gasteiger partial charge < -0.3 is 28.8 Å². The van der Waals surface area contributed by atoms with Crippen molar-refractivity contribution in [1.29, 1.82) is 0 Å². The maximum absolute atomic E-state index is 13.0. The molecule has 9 heteroatoms. The third-order valence-corrected chi connectivity index (χ3v) is 15.5. The second-order valence-corrected chi connectivity index (χ2v) is 24.2. The Labute approximate surface area is 437 Å². The van der Waals surface area contributed by atoms with Crippen molar-refractivity contribution in [3.63, 3.8) is 0 Å². The van der Waals surface area contributed by atoms with E-state index in [1.165, 1.54) is 257 Å². The Bertz CT molecular complexity index is 1150. The summed E-state index contributed by atoms with van der Waals surface area (Å²) >= 11 is 0. The van der Waals surface area contributed by atoms with Gasteiger partial charge in [0.15, 0.2) is 0 Å². The predicted octanol–water partition coefficient (Wildman–Crippen LogP) is 18.4. The quantitative estimate of drug-likeness (QED) is 0.0272. The van der Waals surface area contributed by atoms with Gasteiger partial charge in [0.1, 0.15) is 13.2 Å². The molecule has 0 radical (unpaired) electrons. The molecule has 0 heterocycles. The maximum atomic E-state index is 13.0. The lowest BCUT2D eigenvalue weighted by Crippen LogP contribution is -2.46. The van der Waals surface area contributed by atoms with Crippen molar-refractivity contribution in [1.82, 2.24) is 5.32 Å². The van der Waals surface area contributed by atoms with Crippen LogP contribution in [0.5, 0.6) is 0 Å². The van der Waals surface area contributed by atoms with E-state index in [1.807, 2.05) is 21.1 Å². The maximum Gasteiger partial charge on any atom is 0.268 e. The molecule has 0 aliphatic rings. The fourth-order valence-electron chi connectivity index (χ4n) is 9.63. The van der Waals surface area contributed by atoms with Gasteiger partial charge in [-0.2, -0.15) is 0 Å². The van der Waals surface area contributed by atoms with E-state index < -0.39 is 20.0 Å². The number of hydrogen-bond donors (Lipinski definition) is 2. The van der Waals surface area contributed by atoms with Gasteiger partial charge in [0.25, 0.3) is 7.82 Å². The van der Waals surface area contributed by atoms with Gasteiger partial charge in [-0.05, 0) is 38.5 Å². The van der Waals surface area contributed by atoms with Crippen LogP contribution < -0.4 is 10.2 Å². The standard InChI is InChI=1S/C61H123N2O6P/c1-6-8-10-12-14-16-18-20-22-24-25-26-27-28-29-30-31-32-33-34-35-36-37-39-41-43-45-47-49-51-53-55-61(65)62-59(58-69-70(66,67)68-57-56-63(3,4)5)60(64)54-52-50-48-46-44-42-40-38-23-21-19-17-15-13-11-9-7-2/h24-25,59-60,64H,6-23,26-58H2,1-5H3,(H-,62,65,66,67)/b25-24-. The van der Waals surface area contributed by atoms with Crippen molar-refractivity contribution < 1.29 is 32.9 Å². The molecule has 0 saturated carbocycles. The Morgan fingerprint density at radius 2 is 0.786 bits per heavy atom. The molecule has 0 bridgehead atoms. The summed E-state index contributed by atoms with van der Waals surface area (Å²) in [6.45, 7) is 4.77. The van der Waals surface area contributed by atoms with E-state index >= 15 is 0 Å². The number of phosphoric acid groups is 1. The molecule has 0 saturated heterocycles. The number of likely N-dealkylation sites (N-methyl/N-ethyl adjacent to an activating group) is 1. The molecule has 1 amide bonds. The summed E-state index contributed by atoms with van der Waals surface area (Å²) in [4.78, 5) is 25.6. The Morgan fingerprint density at radius 3 is 1.11 bits per heavy atom. The molecule has 70 heavy (non-hydrogen) atoms. The zero-order chi connectivity index (χ0) is 51.3.